The standard InChI is InChI=1S/C12H12N2S/c13-11-4-1-5-12(7-11)15-9-10-3-2-6-14-8-10/h1-8H,9,13H2. The molecule has 0 spiro atoms. The zero-order chi connectivity index (χ0) is 10.5. The molecule has 0 saturated carbocycles. The van der Waals surface area contributed by atoms with Gasteiger partial charge < -0.3 is 5.73 Å². The molecule has 15 heavy (non-hydrogen) atoms. The molecule has 0 saturated heterocycles. The Kier molecular flexibility index (Phi) is 3.25. The lowest BCUT2D eigenvalue weighted by molar-refractivity contribution is 1.25. The Morgan fingerprint density at radius 2 is 2.13 bits per heavy atom. The fourth-order valence-electron chi connectivity index (χ4n) is 1.25. The number of aromatic nitrogens is 1. The molecule has 0 unspecified atom stereocenters. The molecule has 0 fully saturated rings. The first-order valence-electron chi connectivity index (χ1n) is 4.72. The van der Waals surface area contributed by atoms with Gasteiger partial charge in [0.05, 0.1) is 0 Å². The fraction of sp³-hybridized carbons (Fsp3) is 0.0833. The van der Waals surface area contributed by atoms with Crippen LogP contribution in [0.15, 0.2) is 53.7 Å². The summed E-state index contributed by atoms with van der Waals surface area (Å²) in [7, 11) is 0. The van der Waals surface area contributed by atoms with Gasteiger partial charge in [0.25, 0.3) is 0 Å². The minimum atomic E-state index is 0.811. The summed E-state index contributed by atoms with van der Waals surface area (Å²) in [6.45, 7) is 0. The highest BCUT2D eigenvalue weighted by atomic mass is 32.2. The summed E-state index contributed by atoms with van der Waals surface area (Å²) in [5.74, 6) is 0.928. The number of benzene rings is 1. The van der Waals surface area contributed by atoms with Crippen LogP contribution < -0.4 is 5.73 Å². The maximum atomic E-state index is 5.70. The van der Waals surface area contributed by atoms with Crippen molar-refractivity contribution in [2.75, 3.05) is 5.73 Å². The van der Waals surface area contributed by atoms with Crippen molar-refractivity contribution in [3.63, 3.8) is 0 Å². The fourth-order valence-corrected chi connectivity index (χ4v) is 2.15. The molecule has 1 aromatic heterocycles. The van der Waals surface area contributed by atoms with Gasteiger partial charge in [-0.25, -0.2) is 0 Å². The number of hydrogen-bond acceptors (Lipinski definition) is 3. The number of pyridine rings is 1. The Morgan fingerprint density at radius 3 is 2.87 bits per heavy atom. The second-order valence-corrected chi connectivity index (χ2v) is 4.27. The third kappa shape index (κ3) is 2.99. The van der Waals surface area contributed by atoms with Crippen molar-refractivity contribution < 1.29 is 0 Å². The van der Waals surface area contributed by atoms with Crippen LogP contribution in [0.2, 0.25) is 0 Å². The van der Waals surface area contributed by atoms with E-state index in [4.69, 9.17) is 5.73 Å². The van der Waals surface area contributed by atoms with Crippen molar-refractivity contribution in [3.8, 4) is 0 Å². The van der Waals surface area contributed by atoms with Gasteiger partial charge in [-0.05, 0) is 29.8 Å². The van der Waals surface area contributed by atoms with E-state index in [0.717, 1.165) is 11.4 Å². The summed E-state index contributed by atoms with van der Waals surface area (Å²) in [6, 6.07) is 12.0. The highest BCUT2D eigenvalue weighted by Gasteiger charge is 1.96. The van der Waals surface area contributed by atoms with E-state index in [9.17, 15) is 0 Å². The molecule has 3 heteroatoms. The molecule has 0 bridgehead atoms. The van der Waals surface area contributed by atoms with Gasteiger partial charge >= 0.3 is 0 Å². The predicted molar refractivity (Wildman–Crippen MR) is 64.7 cm³/mol. The normalized spacial score (nSPS) is 10.1. The molecular formula is C12H12N2S. The van der Waals surface area contributed by atoms with E-state index in [2.05, 4.69) is 17.1 Å². The number of hydrogen-bond donors (Lipinski definition) is 1. The van der Waals surface area contributed by atoms with Crippen molar-refractivity contribution in [3.05, 3.63) is 54.4 Å². The first kappa shape index (κ1) is 10.1. The quantitative estimate of drug-likeness (QED) is 0.633. The molecule has 1 heterocycles. The van der Waals surface area contributed by atoms with Crippen LogP contribution in [0.5, 0.6) is 0 Å². The van der Waals surface area contributed by atoms with E-state index in [1.807, 2.05) is 30.5 Å². The lowest BCUT2D eigenvalue weighted by atomic mass is 10.3. The summed E-state index contributed by atoms with van der Waals surface area (Å²) in [6.07, 6.45) is 3.67. The summed E-state index contributed by atoms with van der Waals surface area (Å²) in [5, 5.41) is 0. The van der Waals surface area contributed by atoms with E-state index < -0.39 is 0 Å². The van der Waals surface area contributed by atoms with Crippen molar-refractivity contribution in [2.45, 2.75) is 10.6 Å². The number of anilines is 1. The van der Waals surface area contributed by atoms with Gasteiger partial charge in [0.15, 0.2) is 0 Å². The lowest BCUT2D eigenvalue weighted by Crippen LogP contribution is -1.85. The molecule has 2 rings (SSSR count). The second-order valence-electron chi connectivity index (χ2n) is 3.22. The lowest BCUT2D eigenvalue weighted by Gasteiger charge is -2.02. The zero-order valence-corrected chi connectivity index (χ0v) is 9.08. The van der Waals surface area contributed by atoms with Gasteiger partial charge in [0, 0.05) is 28.7 Å². The van der Waals surface area contributed by atoms with Crippen LogP contribution in [-0.2, 0) is 5.75 Å². The van der Waals surface area contributed by atoms with E-state index >= 15 is 0 Å². The highest BCUT2D eigenvalue weighted by molar-refractivity contribution is 7.98. The smallest absolute Gasteiger partial charge is 0.0325 e. The maximum Gasteiger partial charge on any atom is 0.0325 e. The van der Waals surface area contributed by atoms with Crippen LogP contribution >= 0.6 is 11.8 Å². The highest BCUT2D eigenvalue weighted by Crippen LogP contribution is 2.23. The molecule has 76 valence electrons. The number of nitrogens with two attached hydrogens (primary N) is 1. The van der Waals surface area contributed by atoms with Crippen LogP contribution in [0.25, 0.3) is 0 Å². The Morgan fingerprint density at radius 1 is 1.20 bits per heavy atom. The molecule has 0 amide bonds. The molecule has 0 radical (unpaired) electrons. The minimum absolute atomic E-state index is 0.811. The van der Waals surface area contributed by atoms with Crippen LogP contribution in [0.3, 0.4) is 0 Å². The third-order valence-electron chi connectivity index (χ3n) is 1.99. The van der Waals surface area contributed by atoms with Crippen molar-refractivity contribution in [1.82, 2.24) is 4.98 Å². The number of nitrogen functional groups attached to an aromatic ring is 1. The Balaban J connectivity index is 1.99. The summed E-state index contributed by atoms with van der Waals surface area (Å²) in [4.78, 5) is 5.27. The third-order valence-corrected chi connectivity index (χ3v) is 3.05. The number of thioether (sulfide) groups is 1. The van der Waals surface area contributed by atoms with Gasteiger partial charge in [-0.15, -0.1) is 11.8 Å². The monoisotopic (exact) mass is 216 g/mol. The number of nitrogens with zero attached hydrogens (tertiary/aromatic N) is 1. The molecule has 1 aromatic carbocycles. The predicted octanol–water partition coefficient (Wildman–Crippen LogP) is 2.96. The Bertz CT molecular complexity index is 429. The zero-order valence-electron chi connectivity index (χ0n) is 8.26. The van der Waals surface area contributed by atoms with Gasteiger partial charge in [-0.3, -0.25) is 4.98 Å². The molecule has 0 atom stereocenters. The number of rotatable bonds is 3. The summed E-state index contributed by atoms with van der Waals surface area (Å²) < 4.78 is 0. The topological polar surface area (TPSA) is 38.9 Å². The Hall–Kier alpha value is -1.48. The summed E-state index contributed by atoms with van der Waals surface area (Å²) >= 11 is 1.77. The average Bonchev–Trinajstić information content (AvgIpc) is 2.28. The SMILES string of the molecule is Nc1cccc(SCc2cccnc2)c1. The molecule has 2 aromatic rings. The minimum Gasteiger partial charge on any atom is -0.399 e. The van der Waals surface area contributed by atoms with Crippen LogP contribution in [0.1, 0.15) is 5.56 Å². The molecule has 0 aliphatic heterocycles. The van der Waals surface area contributed by atoms with Crippen molar-refractivity contribution >= 4 is 17.4 Å². The van der Waals surface area contributed by atoms with Gasteiger partial charge in [-0.2, -0.15) is 0 Å². The van der Waals surface area contributed by atoms with Crippen molar-refractivity contribution in [2.24, 2.45) is 0 Å². The van der Waals surface area contributed by atoms with E-state index in [0.29, 0.717) is 0 Å². The van der Waals surface area contributed by atoms with Gasteiger partial charge in [0.1, 0.15) is 0 Å². The average molecular weight is 216 g/mol. The van der Waals surface area contributed by atoms with Crippen LogP contribution in [-0.4, -0.2) is 4.98 Å². The summed E-state index contributed by atoms with van der Waals surface area (Å²) in [5.41, 5.74) is 7.74. The molecule has 0 aliphatic carbocycles. The molecular weight excluding hydrogens is 204 g/mol. The second kappa shape index (κ2) is 4.84. The molecule has 2 N–H and O–H groups in total. The van der Waals surface area contributed by atoms with E-state index in [1.54, 1.807) is 18.0 Å². The van der Waals surface area contributed by atoms with Gasteiger partial charge in [0.2, 0.25) is 0 Å². The Labute approximate surface area is 93.5 Å². The first-order valence-corrected chi connectivity index (χ1v) is 5.70. The largest absolute Gasteiger partial charge is 0.399 e. The first-order chi connectivity index (χ1) is 7.34. The van der Waals surface area contributed by atoms with Crippen LogP contribution in [0.4, 0.5) is 5.69 Å². The molecule has 2 nitrogen and oxygen atoms in total. The van der Waals surface area contributed by atoms with E-state index in [-0.39, 0.29) is 0 Å². The van der Waals surface area contributed by atoms with Gasteiger partial charge in [-0.1, -0.05) is 12.1 Å². The van der Waals surface area contributed by atoms with Crippen molar-refractivity contribution in [1.29, 1.82) is 0 Å². The van der Waals surface area contributed by atoms with Crippen LogP contribution in [0, 0.1) is 0 Å². The van der Waals surface area contributed by atoms with E-state index in [1.165, 1.54) is 10.5 Å². The molecule has 0 aliphatic rings. The maximum absolute atomic E-state index is 5.70.